The number of ether oxygens (including phenoxy) is 4. The summed E-state index contributed by atoms with van der Waals surface area (Å²) in [4.78, 5) is 92.8. The van der Waals surface area contributed by atoms with Crippen LogP contribution in [0.25, 0.3) is 0 Å². The van der Waals surface area contributed by atoms with Gasteiger partial charge in [0, 0.05) is 57.2 Å². The van der Waals surface area contributed by atoms with Crippen LogP contribution in [-0.2, 0) is 58.9 Å². The van der Waals surface area contributed by atoms with E-state index in [0.717, 1.165) is 44.2 Å². The summed E-state index contributed by atoms with van der Waals surface area (Å²) in [5.41, 5.74) is 5.70. The molecule has 414 valence electrons. The van der Waals surface area contributed by atoms with Gasteiger partial charge in [0.25, 0.3) is 0 Å². The number of nitrogens with two attached hydrogens (primary N) is 1. The number of carboxylic acids is 1. The molecule has 0 aliphatic carbocycles. The molecule has 5 amide bonds. The van der Waals surface area contributed by atoms with Crippen molar-refractivity contribution < 1.29 is 57.6 Å². The molecule has 0 aliphatic rings. The van der Waals surface area contributed by atoms with E-state index in [1.807, 2.05) is 6.92 Å². The Balaban J connectivity index is 1.94. The van der Waals surface area contributed by atoms with E-state index in [1.54, 1.807) is 20.0 Å². The van der Waals surface area contributed by atoms with Crippen molar-refractivity contribution in [3.8, 4) is 0 Å². The van der Waals surface area contributed by atoms with Crippen LogP contribution in [-0.4, -0.2) is 146 Å². The van der Waals surface area contributed by atoms with E-state index in [9.17, 15) is 38.7 Å². The lowest BCUT2D eigenvalue weighted by atomic mass is 9.89. The zero-order chi connectivity index (χ0) is 53.1. The van der Waals surface area contributed by atoms with Crippen molar-refractivity contribution in [1.29, 1.82) is 0 Å². The Morgan fingerprint density at radius 2 is 1.15 bits per heavy atom. The second-order valence-corrected chi connectivity index (χ2v) is 19.3. The molecule has 3 atom stereocenters. The topological polar surface area (TPSA) is 291 Å². The Labute approximate surface area is 429 Å². The molecule has 20 heteroatoms. The number of aromatic amines is 1. The largest absolute Gasteiger partial charge is 0.480 e. The number of imidazole rings is 1. The van der Waals surface area contributed by atoms with Crippen molar-refractivity contribution >= 4 is 41.3 Å². The van der Waals surface area contributed by atoms with Gasteiger partial charge in [0.05, 0.1) is 57.5 Å². The van der Waals surface area contributed by atoms with Crippen LogP contribution in [0.4, 0.5) is 0 Å². The Morgan fingerprint density at radius 3 is 1.68 bits per heavy atom. The van der Waals surface area contributed by atoms with Crippen LogP contribution >= 0.6 is 0 Å². The molecule has 1 aromatic rings. The maximum Gasteiger partial charge on any atom is 0.326 e. The van der Waals surface area contributed by atoms with Gasteiger partial charge >= 0.3 is 5.97 Å². The molecule has 0 saturated carbocycles. The number of carbonyl (C=O) groups is 7. The standard InChI is InChI=1S/C52H94N8O12/c1-5-6-7-8-9-10-11-12-13-14-15-16-17-18-19-23-47(63)59-44(51(67)68)24-25-46(62)56-27-29-69-31-34-72-39-49(65)57-28-30-70-32-33-71-38-48(64)55-26-21-20-22-41(2)35-45(61)52(3,4)60-50(66)43(53)36-42-37-54-40-58-42/h37,40-41,43-44H,5-36,38-39,53H2,1-4H3,(H,54,58)(H,55,64)(H,56,62)(H,57,65)(H,59,63)(H,60,66)(H,67,68)/t41-,43+,44+/m1/s1. The third kappa shape index (κ3) is 37.3. The minimum atomic E-state index is -1.17. The number of aromatic nitrogens is 2. The monoisotopic (exact) mass is 1020 g/mol. The number of hydrogen-bond acceptors (Lipinski definition) is 13. The predicted molar refractivity (Wildman–Crippen MR) is 276 cm³/mol. The number of rotatable bonds is 49. The number of nitrogens with one attached hydrogen (secondary N) is 6. The van der Waals surface area contributed by atoms with Crippen LogP contribution in [0.15, 0.2) is 12.5 Å². The summed E-state index contributed by atoms with van der Waals surface area (Å²) >= 11 is 0. The molecule has 0 bridgehead atoms. The number of amides is 5. The van der Waals surface area contributed by atoms with Gasteiger partial charge in [-0.3, -0.25) is 28.8 Å². The van der Waals surface area contributed by atoms with E-state index in [0.29, 0.717) is 19.4 Å². The van der Waals surface area contributed by atoms with Gasteiger partial charge in [-0.25, -0.2) is 9.78 Å². The number of ketones is 1. The number of carboxylic acid groups (broad SMARTS) is 1. The fraction of sp³-hybridized carbons (Fsp3) is 0.808. The van der Waals surface area contributed by atoms with Crippen molar-refractivity contribution in [3.05, 3.63) is 18.2 Å². The fourth-order valence-electron chi connectivity index (χ4n) is 7.66. The van der Waals surface area contributed by atoms with Gasteiger partial charge in [-0.05, 0) is 39.0 Å². The fourth-order valence-corrected chi connectivity index (χ4v) is 7.66. The van der Waals surface area contributed by atoms with Crippen LogP contribution in [0.3, 0.4) is 0 Å². The number of H-pyrrole nitrogens is 1. The molecule has 72 heavy (non-hydrogen) atoms. The van der Waals surface area contributed by atoms with E-state index in [2.05, 4.69) is 43.5 Å². The highest BCUT2D eigenvalue weighted by molar-refractivity contribution is 5.93. The average molecular weight is 1020 g/mol. The maximum absolute atomic E-state index is 12.9. The number of carbonyl (C=O) groups excluding carboxylic acids is 6. The van der Waals surface area contributed by atoms with Crippen molar-refractivity contribution in [2.24, 2.45) is 11.7 Å². The van der Waals surface area contributed by atoms with E-state index in [-0.39, 0.29) is 127 Å². The van der Waals surface area contributed by atoms with E-state index >= 15 is 0 Å². The highest BCUT2D eigenvalue weighted by Crippen LogP contribution is 2.18. The molecule has 1 rings (SSSR count). The summed E-state index contributed by atoms with van der Waals surface area (Å²) < 4.78 is 21.5. The van der Waals surface area contributed by atoms with Gasteiger partial charge < -0.3 is 61.4 Å². The summed E-state index contributed by atoms with van der Waals surface area (Å²) in [5, 5.41) is 23.0. The number of nitrogens with zero attached hydrogens (tertiary/aromatic N) is 1. The zero-order valence-electron chi connectivity index (χ0n) is 44.4. The molecule has 0 aliphatic heterocycles. The summed E-state index contributed by atoms with van der Waals surface area (Å²) in [6, 6.07) is -1.94. The molecule has 0 saturated heterocycles. The van der Waals surface area contributed by atoms with Crippen LogP contribution in [0.5, 0.6) is 0 Å². The molecule has 20 nitrogen and oxygen atoms in total. The molecule has 9 N–H and O–H groups in total. The molecule has 0 unspecified atom stereocenters. The second kappa shape index (κ2) is 43.0. The van der Waals surface area contributed by atoms with Crippen LogP contribution in [0, 0.1) is 5.92 Å². The number of aliphatic carboxylic acids is 1. The lowest BCUT2D eigenvalue weighted by Crippen LogP contribution is -2.55. The molecule has 0 spiro atoms. The Hall–Kier alpha value is -4.50. The molecule has 0 fully saturated rings. The highest BCUT2D eigenvalue weighted by Gasteiger charge is 2.32. The molecular formula is C52H94N8O12. The number of hydrogen-bond donors (Lipinski definition) is 8. The SMILES string of the molecule is CCCCCCCCCCCCCCCCCC(=O)N[C@@H](CCC(=O)NCCOCCOCC(=O)NCCOCCOCC(=O)NCCCC[C@@H](C)CC(=O)C(C)(C)NC(=O)[C@@H](N)Cc1cnc[nH]1)C(=O)O. The van der Waals surface area contributed by atoms with Crippen molar-refractivity contribution in [3.63, 3.8) is 0 Å². The van der Waals surface area contributed by atoms with E-state index < -0.39 is 29.5 Å². The van der Waals surface area contributed by atoms with Gasteiger partial charge in [-0.2, -0.15) is 0 Å². The first kappa shape index (κ1) is 65.5. The van der Waals surface area contributed by atoms with E-state index in [1.165, 1.54) is 77.0 Å². The minimum Gasteiger partial charge on any atom is -0.480 e. The maximum atomic E-state index is 12.9. The van der Waals surface area contributed by atoms with Crippen LogP contribution in [0.1, 0.15) is 175 Å². The van der Waals surface area contributed by atoms with Crippen LogP contribution in [0.2, 0.25) is 0 Å². The quantitative estimate of drug-likeness (QED) is 0.0400. The molecule has 1 aromatic heterocycles. The third-order valence-corrected chi connectivity index (χ3v) is 12.1. The molecule has 0 radical (unpaired) electrons. The van der Waals surface area contributed by atoms with Crippen molar-refractivity contribution in [2.75, 3.05) is 72.5 Å². The van der Waals surface area contributed by atoms with Gasteiger partial charge in [0.1, 0.15) is 19.3 Å². The van der Waals surface area contributed by atoms with Gasteiger partial charge in [0.15, 0.2) is 5.78 Å². The first-order chi connectivity index (χ1) is 34.6. The normalized spacial score (nSPS) is 12.7. The second-order valence-electron chi connectivity index (χ2n) is 19.3. The lowest BCUT2D eigenvalue weighted by Gasteiger charge is -2.27. The smallest absolute Gasteiger partial charge is 0.326 e. The van der Waals surface area contributed by atoms with Gasteiger partial charge in [-0.1, -0.05) is 117 Å². The highest BCUT2D eigenvalue weighted by atomic mass is 16.5. The first-order valence-electron chi connectivity index (χ1n) is 26.9. The molecule has 0 aromatic carbocycles. The number of unbranched alkanes of at least 4 members (excludes halogenated alkanes) is 15. The number of Topliss-reactive ketones (excluding diaryl/α,β-unsaturated/α-hetero) is 1. The summed E-state index contributed by atoms with van der Waals surface area (Å²) in [6.45, 7) is 9.55. The van der Waals surface area contributed by atoms with Gasteiger partial charge in [-0.15, -0.1) is 0 Å². The van der Waals surface area contributed by atoms with Crippen LogP contribution < -0.4 is 32.3 Å². The average Bonchev–Trinajstić information content (AvgIpc) is 3.85. The Morgan fingerprint density at radius 1 is 0.639 bits per heavy atom. The molecule has 1 heterocycles. The predicted octanol–water partition coefficient (Wildman–Crippen LogP) is 4.97. The molecular weight excluding hydrogens is 929 g/mol. The van der Waals surface area contributed by atoms with Gasteiger partial charge in [0.2, 0.25) is 29.5 Å². The first-order valence-corrected chi connectivity index (χ1v) is 26.9. The third-order valence-electron chi connectivity index (χ3n) is 12.1. The summed E-state index contributed by atoms with van der Waals surface area (Å²) in [6.07, 6.45) is 24.7. The zero-order valence-corrected chi connectivity index (χ0v) is 44.4. The Bertz CT molecular complexity index is 1620. The Kier molecular flexibility index (Phi) is 39.1. The van der Waals surface area contributed by atoms with Crippen molar-refractivity contribution in [2.45, 2.75) is 193 Å². The minimum absolute atomic E-state index is 0.0154. The summed E-state index contributed by atoms with van der Waals surface area (Å²) in [5.74, 6) is -2.77. The lowest BCUT2D eigenvalue weighted by molar-refractivity contribution is -0.142. The summed E-state index contributed by atoms with van der Waals surface area (Å²) in [7, 11) is 0. The van der Waals surface area contributed by atoms with E-state index in [4.69, 9.17) is 24.7 Å². The van der Waals surface area contributed by atoms with Crippen molar-refractivity contribution in [1.82, 2.24) is 36.6 Å².